The van der Waals surface area contributed by atoms with Crippen molar-refractivity contribution in [1.82, 2.24) is 10.6 Å². The minimum atomic E-state index is 0.343. The van der Waals surface area contributed by atoms with Gasteiger partial charge < -0.3 is 20.1 Å². The molecule has 0 aromatic heterocycles. The van der Waals surface area contributed by atoms with Crippen LogP contribution in [0.25, 0.3) is 0 Å². The van der Waals surface area contributed by atoms with Crippen molar-refractivity contribution in [3.8, 4) is 5.75 Å². The predicted octanol–water partition coefficient (Wildman–Crippen LogP) is 3.49. The van der Waals surface area contributed by atoms with E-state index in [0.717, 1.165) is 49.7 Å². The fraction of sp³-hybridized carbons (Fsp3) is 0.667. The first-order chi connectivity index (χ1) is 12.7. The Hall–Kier alpha value is -1.75. The highest BCUT2D eigenvalue weighted by atomic mass is 16.5. The van der Waals surface area contributed by atoms with Gasteiger partial charge in [-0.1, -0.05) is 32.0 Å². The molecule has 1 aromatic rings. The van der Waals surface area contributed by atoms with E-state index in [-0.39, 0.29) is 0 Å². The van der Waals surface area contributed by atoms with Crippen molar-refractivity contribution < 1.29 is 9.47 Å². The number of guanidine groups is 1. The van der Waals surface area contributed by atoms with Crippen LogP contribution in [0.2, 0.25) is 0 Å². The monoisotopic (exact) mass is 359 g/mol. The van der Waals surface area contributed by atoms with Crippen LogP contribution in [0.3, 0.4) is 0 Å². The molecule has 1 aromatic carbocycles. The Kier molecular flexibility index (Phi) is 6.78. The fourth-order valence-electron chi connectivity index (χ4n) is 3.63. The van der Waals surface area contributed by atoms with Crippen molar-refractivity contribution >= 4 is 5.96 Å². The first-order valence-corrected chi connectivity index (χ1v) is 10.1. The number of hydrogen-bond donors (Lipinski definition) is 2. The van der Waals surface area contributed by atoms with Crippen LogP contribution in [0.4, 0.5) is 0 Å². The molecule has 2 bridgehead atoms. The van der Waals surface area contributed by atoms with Gasteiger partial charge in [0.2, 0.25) is 0 Å². The third-order valence-electron chi connectivity index (χ3n) is 5.11. The molecular weight excluding hydrogens is 326 g/mol. The van der Waals surface area contributed by atoms with Crippen molar-refractivity contribution in [2.75, 3.05) is 13.2 Å². The van der Waals surface area contributed by atoms with E-state index in [1.54, 1.807) is 0 Å². The van der Waals surface area contributed by atoms with E-state index < -0.39 is 0 Å². The SMILES string of the molecule is CCNC(=NCc1ccccc1OCCC(C)C)NC1CC2CCC1O2. The molecule has 144 valence electrons. The van der Waals surface area contributed by atoms with Crippen LogP contribution < -0.4 is 15.4 Å². The number of para-hydroxylation sites is 1. The molecule has 2 saturated heterocycles. The second-order valence-electron chi connectivity index (χ2n) is 7.69. The summed E-state index contributed by atoms with van der Waals surface area (Å²) in [6, 6.07) is 8.58. The third-order valence-corrected chi connectivity index (χ3v) is 5.11. The Morgan fingerprint density at radius 1 is 1.31 bits per heavy atom. The highest BCUT2D eigenvalue weighted by Gasteiger charge is 2.41. The molecule has 3 unspecified atom stereocenters. The van der Waals surface area contributed by atoms with E-state index in [2.05, 4.69) is 37.5 Å². The Morgan fingerprint density at radius 2 is 2.15 bits per heavy atom. The second-order valence-corrected chi connectivity index (χ2v) is 7.69. The molecule has 0 spiro atoms. The lowest BCUT2D eigenvalue weighted by Crippen LogP contribution is -2.47. The van der Waals surface area contributed by atoms with E-state index in [9.17, 15) is 0 Å². The fourth-order valence-corrected chi connectivity index (χ4v) is 3.63. The van der Waals surface area contributed by atoms with E-state index in [4.69, 9.17) is 14.5 Å². The Bertz CT molecular complexity index is 603. The summed E-state index contributed by atoms with van der Waals surface area (Å²) in [6.07, 6.45) is 5.30. The maximum atomic E-state index is 5.98. The Balaban J connectivity index is 1.60. The van der Waals surface area contributed by atoms with E-state index in [0.29, 0.717) is 30.7 Å². The van der Waals surface area contributed by atoms with Gasteiger partial charge >= 0.3 is 0 Å². The zero-order valence-electron chi connectivity index (χ0n) is 16.3. The van der Waals surface area contributed by atoms with Crippen LogP contribution in [0, 0.1) is 5.92 Å². The number of nitrogens with zero attached hydrogens (tertiary/aromatic N) is 1. The van der Waals surface area contributed by atoms with Gasteiger partial charge in [-0.15, -0.1) is 0 Å². The molecule has 2 fully saturated rings. The van der Waals surface area contributed by atoms with Crippen LogP contribution in [-0.2, 0) is 11.3 Å². The largest absolute Gasteiger partial charge is 0.493 e. The van der Waals surface area contributed by atoms with Gasteiger partial charge in [-0.25, -0.2) is 4.99 Å². The highest BCUT2D eigenvalue weighted by Crippen LogP contribution is 2.34. The average Bonchev–Trinajstić information content (AvgIpc) is 3.23. The number of hydrogen-bond acceptors (Lipinski definition) is 3. The summed E-state index contributed by atoms with van der Waals surface area (Å²) in [5.74, 6) is 2.45. The first-order valence-electron chi connectivity index (χ1n) is 10.1. The summed E-state index contributed by atoms with van der Waals surface area (Å²) < 4.78 is 11.9. The quantitative estimate of drug-likeness (QED) is 0.551. The summed E-state index contributed by atoms with van der Waals surface area (Å²) in [5.41, 5.74) is 1.12. The molecule has 5 heteroatoms. The molecule has 0 amide bonds. The van der Waals surface area contributed by atoms with Crippen LogP contribution in [-0.4, -0.2) is 37.4 Å². The number of aliphatic imine (C=N–C) groups is 1. The van der Waals surface area contributed by atoms with Crippen molar-refractivity contribution in [3.05, 3.63) is 29.8 Å². The minimum Gasteiger partial charge on any atom is -0.493 e. The summed E-state index contributed by atoms with van der Waals surface area (Å²) in [7, 11) is 0. The molecule has 2 heterocycles. The van der Waals surface area contributed by atoms with Crippen LogP contribution in [0.5, 0.6) is 5.75 Å². The summed E-state index contributed by atoms with van der Waals surface area (Å²) in [4.78, 5) is 4.79. The van der Waals surface area contributed by atoms with Crippen LogP contribution in [0.15, 0.2) is 29.3 Å². The summed E-state index contributed by atoms with van der Waals surface area (Å²) in [6.45, 7) is 8.73. The smallest absolute Gasteiger partial charge is 0.191 e. The number of ether oxygens (including phenoxy) is 2. The Labute approximate surface area is 157 Å². The molecule has 5 nitrogen and oxygen atoms in total. The highest BCUT2D eigenvalue weighted by molar-refractivity contribution is 5.80. The van der Waals surface area contributed by atoms with Gasteiger partial charge in [-0.05, 0) is 44.6 Å². The van der Waals surface area contributed by atoms with Gasteiger partial charge in [-0.3, -0.25) is 0 Å². The van der Waals surface area contributed by atoms with Gasteiger partial charge in [-0.2, -0.15) is 0 Å². The Morgan fingerprint density at radius 3 is 2.85 bits per heavy atom. The lowest BCUT2D eigenvalue weighted by molar-refractivity contribution is 0.0992. The summed E-state index contributed by atoms with van der Waals surface area (Å²) >= 11 is 0. The number of benzene rings is 1. The van der Waals surface area contributed by atoms with E-state index >= 15 is 0 Å². The standard InChI is InChI=1S/C21H33N3O2/c1-4-22-21(24-18-13-17-9-10-20(18)26-17)23-14-16-7-5-6-8-19(16)25-12-11-15(2)3/h5-8,15,17-18,20H,4,9-14H2,1-3H3,(H2,22,23,24). The predicted molar refractivity (Wildman–Crippen MR) is 106 cm³/mol. The molecule has 2 N–H and O–H groups in total. The maximum Gasteiger partial charge on any atom is 0.191 e. The number of nitrogens with one attached hydrogen (secondary N) is 2. The van der Waals surface area contributed by atoms with Gasteiger partial charge in [0.25, 0.3) is 0 Å². The van der Waals surface area contributed by atoms with Crippen molar-refractivity contribution in [2.45, 2.75) is 71.2 Å². The normalized spacial score (nSPS) is 24.9. The first kappa shape index (κ1) is 19.0. The third kappa shape index (κ3) is 5.13. The molecule has 0 saturated carbocycles. The lowest BCUT2D eigenvalue weighted by Gasteiger charge is -2.22. The van der Waals surface area contributed by atoms with Crippen LogP contribution >= 0.6 is 0 Å². The van der Waals surface area contributed by atoms with Crippen molar-refractivity contribution in [2.24, 2.45) is 10.9 Å². The molecule has 26 heavy (non-hydrogen) atoms. The maximum absolute atomic E-state index is 5.98. The molecule has 0 aliphatic carbocycles. The zero-order valence-corrected chi connectivity index (χ0v) is 16.3. The average molecular weight is 360 g/mol. The van der Waals surface area contributed by atoms with Gasteiger partial charge in [0, 0.05) is 12.1 Å². The number of fused-ring (bicyclic) bond motifs is 2. The summed E-state index contributed by atoms with van der Waals surface area (Å²) in [5, 5.41) is 6.93. The molecule has 3 rings (SSSR count). The topological polar surface area (TPSA) is 54.9 Å². The van der Waals surface area contributed by atoms with Gasteiger partial charge in [0.1, 0.15) is 5.75 Å². The lowest BCUT2D eigenvalue weighted by atomic mass is 9.96. The zero-order chi connectivity index (χ0) is 18.4. The molecule has 0 radical (unpaired) electrons. The van der Waals surface area contributed by atoms with E-state index in [1.807, 2.05) is 18.2 Å². The number of rotatable bonds is 8. The molecular formula is C21H33N3O2. The van der Waals surface area contributed by atoms with Gasteiger partial charge in [0.15, 0.2) is 5.96 Å². The molecule has 2 aliphatic rings. The van der Waals surface area contributed by atoms with Crippen molar-refractivity contribution in [3.63, 3.8) is 0 Å². The molecule has 2 aliphatic heterocycles. The minimum absolute atomic E-state index is 0.343. The van der Waals surface area contributed by atoms with E-state index in [1.165, 1.54) is 6.42 Å². The van der Waals surface area contributed by atoms with Crippen LogP contribution in [0.1, 0.15) is 52.0 Å². The van der Waals surface area contributed by atoms with Gasteiger partial charge in [0.05, 0.1) is 31.4 Å². The van der Waals surface area contributed by atoms with Crippen molar-refractivity contribution in [1.29, 1.82) is 0 Å². The molecule has 3 atom stereocenters. The second kappa shape index (κ2) is 9.26.